The van der Waals surface area contributed by atoms with E-state index in [1.54, 1.807) is 0 Å². The maximum Gasteiger partial charge on any atom is 0.534 e. The van der Waals surface area contributed by atoms with Gasteiger partial charge in [-0.1, -0.05) is 0 Å². The highest BCUT2D eigenvalue weighted by molar-refractivity contribution is 7.87. The van der Waals surface area contributed by atoms with Crippen molar-refractivity contribution in [1.29, 1.82) is 0 Å². The normalized spacial score (nSPS) is 26.3. The number of hydrogen-bond donors (Lipinski definition) is 2. The molecule has 1 fully saturated rings. The first-order valence-corrected chi connectivity index (χ1v) is 6.94. The second-order valence-electron chi connectivity index (χ2n) is 4.40. The van der Waals surface area contributed by atoms with Gasteiger partial charge in [-0.3, -0.25) is 9.69 Å². The molecule has 0 aromatic heterocycles. The average molecular weight is 330 g/mol. The lowest BCUT2D eigenvalue weighted by molar-refractivity contribution is -0.153. The monoisotopic (exact) mass is 330 g/mol. The number of allylic oxidation sites excluding steroid dienone is 1. The highest BCUT2D eigenvalue weighted by Crippen LogP contribution is 2.38. The first-order chi connectivity index (χ1) is 9.47. The number of fused-ring (bicyclic) bond motifs is 1. The van der Waals surface area contributed by atoms with Crippen LogP contribution in [0.25, 0.3) is 0 Å². The SMILES string of the molecule is N[C@@H]1C(=O)N2C(C(=O)O)=C(OS(=O)(=O)C(F)(F)F)CC[C@H]12. The van der Waals surface area contributed by atoms with Crippen LogP contribution in [0.3, 0.4) is 0 Å². The second kappa shape index (κ2) is 4.59. The Morgan fingerprint density at radius 3 is 2.48 bits per heavy atom. The number of nitrogens with zero attached hydrogens (tertiary/aromatic N) is 1. The van der Waals surface area contributed by atoms with Crippen LogP contribution in [0.15, 0.2) is 11.5 Å². The zero-order chi connectivity index (χ0) is 16.2. The van der Waals surface area contributed by atoms with Gasteiger partial charge in [-0.2, -0.15) is 21.6 Å². The third-order valence-electron chi connectivity index (χ3n) is 3.14. The summed E-state index contributed by atoms with van der Waals surface area (Å²) in [5.74, 6) is -3.52. The van der Waals surface area contributed by atoms with E-state index in [9.17, 15) is 31.2 Å². The van der Waals surface area contributed by atoms with Crippen LogP contribution < -0.4 is 5.73 Å². The van der Waals surface area contributed by atoms with Gasteiger partial charge in [0.15, 0.2) is 11.5 Å². The predicted octanol–water partition coefficient (Wildman–Crippen LogP) is -0.519. The van der Waals surface area contributed by atoms with E-state index in [1.807, 2.05) is 0 Å². The molecule has 0 aromatic rings. The fourth-order valence-corrected chi connectivity index (χ4v) is 2.69. The predicted molar refractivity (Wildman–Crippen MR) is 58.6 cm³/mol. The van der Waals surface area contributed by atoms with Crippen LogP contribution in [0.2, 0.25) is 0 Å². The second-order valence-corrected chi connectivity index (χ2v) is 5.94. The number of hydrogen-bond acceptors (Lipinski definition) is 6. The topological polar surface area (TPSA) is 127 Å². The van der Waals surface area contributed by atoms with Crippen LogP contribution in [0.5, 0.6) is 0 Å². The lowest BCUT2D eigenvalue weighted by Crippen LogP contribution is -2.69. The molecule has 2 aliphatic heterocycles. The molecule has 2 heterocycles. The maximum absolute atomic E-state index is 12.3. The molecule has 0 spiro atoms. The molecule has 0 unspecified atom stereocenters. The van der Waals surface area contributed by atoms with Crippen LogP contribution in [-0.4, -0.2) is 47.9 Å². The van der Waals surface area contributed by atoms with Crippen LogP contribution in [0.4, 0.5) is 13.2 Å². The van der Waals surface area contributed by atoms with Crippen molar-refractivity contribution >= 4 is 22.0 Å². The number of β-lactam (4-membered cyclic amide) rings is 1. The molecule has 0 bridgehead atoms. The lowest BCUT2D eigenvalue weighted by atomic mass is 9.86. The summed E-state index contributed by atoms with van der Waals surface area (Å²) in [5.41, 5.74) is -1.19. The van der Waals surface area contributed by atoms with Crippen molar-refractivity contribution in [1.82, 2.24) is 4.90 Å². The van der Waals surface area contributed by atoms with Crippen LogP contribution in [-0.2, 0) is 23.9 Å². The van der Waals surface area contributed by atoms with Crippen molar-refractivity contribution in [3.05, 3.63) is 11.5 Å². The van der Waals surface area contributed by atoms with Gasteiger partial charge in [0.1, 0.15) is 6.04 Å². The molecule has 0 saturated carbocycles. The number of amides is 1. The molecular formula is C9H9F3N2O6S. The highest BCUT2D eigenvalue weighted by atomic mass is 32.2. The summed E-state index contributed by atoms with van der Waals surface area (Å²) in [6.07, 6.45) is -0.383. The van der Waals surface area contributed by atoms with Gasteiger partial charge in [0.2, 0.25) is 5.91 Å². The molecule has 8 nitrogen and oxygen atoms in total. The average Bonchev–Trinajstić information content (AvgIpc) is 2.35. The van der Waals surface area contributed by atoms with Crippen LogP contribution in [0, 0.1) is 0 Å². The van der Waals surface area contributed by atoms with Gasteiger partial charge in [-0.25, -0.2) is 4.79 Å². The number of rotatable bonds is 3. The molecule has 2 aliphatic rings. The molecule has 1 saturated heterocycles. The number of carbonyl (C=O) groups is 2. The summed E-state index contributed by atoms with van der Waals surface area (Å²) >= 11 is 0. The van der Waals surface area contributed by atoms with E-state index in [0.717, 1.165) is 0 Å². The summed E-state index contributed by atoms with van der Waals surface area (Å²) in [7, 11) is -6.00. The lowest BCUT2D eigenvalue weighted by Gasteiger charge is -2.48. The minimum atomic E-state index is -6.00. The van der Waals surface area contributed by atoms with Gasteiger partial charge in [0, 0.05) is 6.42 Å². The Labute approximate surface area is 116 Å². The Bertz CT molecular complexity index is 640. The first kappa shape index (κ1) is 15.6. The van der Waals surface area contributed by atoms with Gasteiger partial charge >= 0.3 is 21.6 Å². The third kappa shape index (κ3) is 2.33. The Morgan fingerprint density at radius 1 is 1.43 bits per heavy atom. The van der Waals surface area contributed by atoms with Crippen molar-refractivity contribution < 1.29 is 40.5 Å². The van der Waals surface area contributed by atoms with Gasteiger partial charge in [0.25, 0.3) is 0 Å². The fourth-order valence-electron chi connectivity index (χ4n) is 2.17. The summed E-state index contributed by atoms with van der Waals surface area (Å²) in [5, 5.41) is 8.99. The van der Waals surface area contributed by atoms with Gasteiger partial charge in [0.05, 0.1) is 6.04 Å². The third-order valence-corrected chi connectivity index (χ3v) is 4.12. The van der Waals surface area contributed by atoms with Crippen molar-refractivity contribution in [2.75, 3.05) is 0 Å². The number of nitrogens with two attached hydrogens (primary N) is 1. The number of alkyl halides is 3. The summed E-state index contributed by atoms with van der Waals surface area (Å²) in [6, 6.07) is -1.65. The quantitative estimate of drug-likeness (QED) is 0.405. The Morgan fingerprint density at radius 2 is 2.00 bits per heavy atom. The van der Waals surface area contributed by atoms with Crippen LogP contribution >= 0.6 is 0 Å². The molecule has 118 valence electrons. The number of carboxylic acids is 1. The first-order valence-electron chi connectivity index (χ1n) is 5.53. The summed E-state index contributed by atoms with van der Waals surface area (Å²) < 4.78 is 62.5. The molecule has 0 radical (unpaired) electrons. The van der Waals surface area contributed by atoms with E-state index in [1.165, 1.54) is 0 Å². The minimum Gasteiger partial charge on any atom is -0.476 e. The molecule has 0 aliphatic carbocycles. The number of carbonyl (C=O) groups excluding carboxylic acids is 1. The molecule has 21 heavy (non-hydrogen) atoms. The molecule has 1 amide bonds. The summed E-state index contributed by atoms with van der Waals surface area (Å²) in [6.45, 7) is 0. The largest absolute Gasteiger partial charge is 0.534 e. The Kier molecular flexibility index (Phi) is 3.40. The van der Waals surface area contributed by atoms with Gasteiger partial charge in [-0.05, 0) is 6.42 Å². The molecular weight excluding hydrogens is 321 g/mol. The fraction of sp³-hybridized carbons (Fsp3) is 0.556. The van der Waals surface area contributed by atoms with E-state index in [-0.39, 0.29) is 12.8 Å². The highest BCUT2D eigenvalue weighted by Gasteiger charge is 2.54. The summed E-state index contributed by atoms with van der Waals surface area (Å²) in [4.78, 5) is 23.2. The zero-order valence-electron chi connectivity index (χ0n) is 10.1. The van der Waals surface area contributed by atoms with Crippen molar-refractivity contribution in [3.63, 3.8) is 0 Å². The van der Waals surface area contributed by atoms with E-state index in [2.05, 4.69) is 4.18 Å². The molecule has 12 heteroatoms. The van der Waals surface area contributed by atoms with Gasteiger partial charge in [-0.15, -0.1) is 0 Å². The molecule has 2 atom stereocenters. The Balaban J connectivity index is 2.41. The van der Waals surface area contributed by atoms with E-state index >= 15 is 0 Å². The van der Waals surface area contributed by atoms with Crippen molar-refractivity contribution in [2.45, 2.75) is 30.4 Å². The molecule has 3 N–H and O–H groups in total. The van der Waals surface area contributed by atoms with E-state index in [0.29, 0.717) is 4.90 Å². The van der Waals surface area contributed by atoms with E-state index in [4.69, 9.17) is 10.8 Å². The van der Waals surface area contributed by atoms with Crippen molar-refractivity contribution in [3.8, 4) is 0 Å². The number of aliphatic carboxylic acids is 1. The number of halogens is 3. The van der Waals surface area contributed by atoms with Crippen LogP contribution in [0.1, 0.15) is 12.8 Å². The smallest absolute Gasteiger partial charge is 0.476 e. The standard InChI is InChI=1S/C9H9F3N2O6S/c10-9(11,12)21(18,19)20-4-2-1-3-5(13)7(15)14(3)6(4)8(16)17/h3,5H,1-2,13H2,(H,16,17)/t3-,5+/m1/s1. The molecule has 2 rings (SSSR count). The maximum atomic E-state index is 12.3. The number of carboxylic acid groups (broad SMARTS) is 1. The Hall–Kier alpha value is -1.82. The van der Waals surface area contributed by atoms with E-state index < -0.39 is 51.0 Å². The van der Waals surface area contributed by atoms with Crippen molar-refractivity contribution in [2.24, 2.45) is 5.73 Å². The minimum absolute atomic E-state index is 0.00635. The van der Waals surface area contributed by atoms with Gasteiger partial charge < -0.3 is 15.0 Å². The zero-order valence-corrected chi connectivity index (χ0v) is 10.9. The molecule has 0 aromatic carbocycles.